The summed E-state index contributed by atoms with van der Waals surface area (Å²) in [6.07, 6.45) is 6.79. The summed E-state index contributed by atoms with van der Waals surface area (Å²) in [5.41, 5.74) is 1.06. The van der Waals surface area contributed by atoms with Crippen molar-refractivity contribution in [2.24, 2.45) is 0 Å². The lowest BCUT2D eigenvalue weighted by molar-refractivity contribution is -0.129. The van der Waals surface area contributed by atoms with Crippen molar-refractivity contribution in [3.05, 3.63) is 54.2 Å². The van der Waals surface area contributed by atoms with E-state index < -0.39 is 11.7 Å². The number of pyridine rings is 1. The Bertz CT molecular complexity index is 1320. The zero-order chi connectivity index (χ0) is 28.7. The molecule has 1 aromatic carbocycles. The number of para-hydroxylation sites is 1. The van der Waals surface area contributed by atoms with E-state index in [1.54, 1.807) is 12.3 Å². The van der Waals surface area contributed by atoms with Gasteiger partial charge in [-0.2, -0.15) is 0 Å². The standard InChI is InChI=1S/C29H38FN7O3/c1-18(38)32-12-11-27(39)37-25(14-21-16-31-17-33-21)28(40)35-20-8-6-7-19(13-20)34-24-15-26(29(2,3)30)36-23-10-5-4-9-22(23)24/h4-5,9-10,15-17,19-20,25H,6-8,11-14H2,1-3H3,(H,31,33)(H,32,38)(H,34,36)(H,35,40)(H,37,39)/t19-,20+,25+/m0/s1. The highest BCUT2D eigenvalue weighted by atomic mass is 19.1. The highest BCUT2D eigenvalue weighted by Gasteiger charge is 2.29. The van der Waals surface area contributed by atoms with Crippen LogP contribution in [0.15, 0.2) is 42.9 Å². The third-order valence-electron chi connectivity index (χ3n) is 7.06. The number of nitrogens with one attached hydrogen (secondary N) is 5. The molecule has 2 heterocycles. The van der Waals surface area contributed by atoms with Gasteiger partial charge in [-0.25, -0.2) is 14.4 Å². The molecule has 5 N–H and O–H groups in total. The second-order valence-electron chi connectivity index (χ2n) is 10.9. The van der Waals surface area contributed by atoms with Gasteiger partial charge in [0.05, 0.1) is 17.5 Å². The van der Waals surface area contributed by atoms with Gasteiger partial charge in [-0.05, 0) is 51.7 Å². The van der Waals surface area contributed by atoms with Gasteiger partial charge in [-0.1, -0.05) is 18.2 Å². The molecule has 3 aromatic rings. The van der Waals surface area contributed by atoms with E-state index in [-0.39, 0.29) is 49.2 Å². The van der Waals surface area contributed by atoms with Crippen molar-refractivity contribution in [3.63, 3.8) is 0 Å². The number of benzene rings is 1. The molecule has 40 heavy (non-hydrogen) atoms. The van der Waals surface area contributed by atoms with Crippen molar-refractivity contribution in [2.45, 2.75) is 83.1 Å². The molecular weight excluding hydrogens is 513 g/mol. The number of aromatic nitrogens is 3. The molecule has 1 aliphatic carbocycles. The van der Waals surface area contributed by atoms with Crippen LogP contribution in [0.25, 0.3) is 10.9 Å². The minimum Gasteiger partial charge on any atom is -0.382 e. The van der Waals surface area contributed by atoms with Crippen molar-refractivity contribution >= 4 is 34.3 Å². The van der Waals surface area contributed by atoms with Gasteiger partial charge in [0, 0.05) is 61.4 Å². The van der Waals surface area contributed by atoms with Crippen LogP contribution in [0, 0.1) is 0 Å². The fourth-order valence-corrected chi connectivity index (χ4v) is 5.02. The molecule has 11 heteroatoms. The number of rotatable bonds is 11. The molecule has 0 aliphatic heterocycles. The van der Waals surface area contributed by atoms with Crippen molar-refractivity contribution in [1.29, 1.82) is 0 Å². The Balaban J connectivity index is 1.42. The van der Waals surface area contributed by atoms with E-state index >= 15 is 0 Å². The van der Waals surface area contributed by atoms with Crippen LogP contribution in [0.2, 0.25) is 0 Å². The monoisotopic (exact) mass is 551 g/mol. The van der Waals surface area contributed by atoms with E-state index in [9.17, 15) is 18.8 Å². The molecule has 0 bridgehead atoms. The summed E-state index contributed by atoms with van der Waals surface area (Å²) < 4.78 is 14.8. The number of carbonyl (C=O) groups excluding carboxylic acids is 3. The number of hydrogen-bond donors (Lipinski definition) is 5. The summed E-state index contributed by atoms with van der Waals surface area (Å²) in [7, 11) is 0. The van der Waals surface area contributed by atoms with E-state index in [2.05, 4.69) is 36.2 Å². The molecule has 10 nitrogen and oxygen atoms in total. The SMILES string of the molecule is CC(=O)NCCC(=O)N[C@H](Cc1cnc[nH]1)C(=O)N[C@@H]1CCC[C@H](Nc2cc(C(C)(C)F)nc3ccccc23)C1. The summed E-state index contributed by atoms with van der Waals surface area (Å²) in [6.45, 7) is 4.58. The molecular formula is C29H38FN7O3. The number of carbonyl (C=O) groups is 3. The first-order valence-corrected chi connectivity index (χ1v) is 13.8. The molecule has 4 rings (SSSR count). The van der Waals surface area contributed by atoms with Crippen LogP contribution in [0.5, 0.6) is 0 Å². The average Bonchev–Trinajstić information content (AvgIpc) is 3.41. The third kappa shape index (κ3) is 8.00. The van der Waals surface area contributed by atoms with Crippen LogP contribution in [0.3, 0.4) is 0 Å². The Morgan fingerprint density at radius 2 is 1.95 bits per heavy atom. The molecule has 0 unspecified atom stereocenters. The molecule has 0 saturated heterocycles. The molecule has 0 radical (unpaired) electrons. The Labute approximate surface area is 233 Å². The number of hydrogen-bond acceptors (Lipinski definition) is 6. The maximum absolute atomic E-state index is 14.8. The number of fused-ring (bicyclic) bond motifs is 1. The van der Waals surface area contributed by atoms with E-state index in [1.807, 2.05) is 24.3 Å². The van der Waals surface area contributed by atoms with Crippen LogP contribution >= 0.6 is 0 Å². The van der Waals surface area contributed by atoms with E-state index in [4.69, 9.17) is 0 Å². The van der Waals surface area contributed by atoms with Crippen molar-refractivity contribution in [1.82, 2.24) is 30.9 Å². The fraction of sp³-hybridized carbons (Fsp3) is 0.483. The normalized spacial score (nSPS) is 18.1. The van der Waals surface area contributed by atoms with E-state index in [1.165, 1.54) is 27.1 Å². The lowest BCUT2D eigenvalue weighted by Gasteiger charge is -2.32. The van der Waals surface area contributed by atoms with Crippen LogP contribution < -0.4 is 21.3 Å². The first-order valence-electron chi connectivity index (χ1n) is 13.8. The Morgan fingerprint density at radius 1 is 1.18 bits per heavy atom. The molecule has 3 atom stereocenters. The molecule has 214 valence electrons. The smallest absolute Gasteiger partial charge is 0.243 e. The van der Waals surface area contributed by atoms with Crippen LogP contribution in [0.4, 0.5) is 10.1 Å². The summed E-state index contributed by atoms with van der Waals surface area (Å²) in [5.74, 6) is -0.818. The van der Waals surface area contributed by atoms with Crippen molar-refractivity contribution in [2.75, 3.05) is 11.9 Å². The second kappa shape index (κ2) is 12.9. The molecule has 2 aromatic heterocycles. The fourth-order valence-electron chi connectivity index (χ4n) is 5.02. The molecule has 1 aliphatic rings. The van der Waals surface area contributed by atoms with E-state index in [0.29, 0.717) is 12.1 Å². The third-order valence-corrected chi connectivity index (χ3v) is 7.06. The second-order valence-corrected chi connectivity index (χ2v) is 10.9. The highest BCUT2D eigenvalue weighted by molar-refractivity contribution is 5.92. The van der Waals surface area contributed by atoms with Crippen molar-refractivity contribution in [3.8, 4) is 0 Å². The van der Waals surface area contributed by atoms with Crippen LogP contribution in [0.1, 0.15) is 64.3 Å². The first kappa shape index (κ1) is 29.0. The van der Waals surface area contributed by atoms with Crippen LogP contribution in [-0.4, -0.2) is 57.3 Å². The predicted molar refractivity (Wildman–Crippen MR) is 151 cm³/mol. The van der Waals surface area contributed by atoms with Gasteiger partial charge in [0.15, 0.2) is 0 Å². The zero-order valence-electron chi connectivity index (χ0n) is 23.2. The van der Waals surface area contributed by atoms with Gasteiger partial charge in [-0.3, -0.25) is 14.4 Å². The lowest BCUT2D eigenvalue weighted by Crippen LogP contribution is -2.52. The lowest BCUT2D eigenvalue weighted by atomic mass is 9.90. The van der Waals surface area contributed by atoms with Gasteiger partial charge in [-0.15, -0.1) is 0 Å². The quantitative estimate of drug-likeness (QED) is 0.248. The summed E-state index contributed by atoms with van der Waals surface area (Å²) >= 11 is 0. The molecule has 1 fully saturated rings. The number of H-pyrrole nitrogens is 1. The Morgan fingerprint density at radius 3 is 2.67 bits per heavy atom. The van der Waals surface area contributed by atoms with Gasteiger partial charge in [0.25, 0.3) is 0 Å². The van der Waals surface area contributed by atoms with Crippen molar-refractivity contribution < 1.29 is 18.8 Å². The molecule has 3 amide bonds. The highest BCUT2D eigenvalue weighted by Crippen LogP contribution is 2.32. The first-order chi connectivity index (χ1) is 19.1. The number of amides is 3. The minimum atomic E-state index is -1.58. The summed E-state index contributed by atoms with van der Waals surface area (Å²) in [4.78, 5) is 48.5. The number of anilines is 1. The number of imidazole rings is 1. The summed E-state index contributed by atoms with van der Waals surface area (Å²) in [5, 5.41) is 13.0. The number of nitrogens with zero attached hydrogens (tertiary/aromatic N) is 2. The number of aromatic amines is 1. The zero-order valence-corrected chi connectivity index (χ0v) is 23.2. The largest absolute Gasteiger partial charge is 0.382 e. The van der Waals surface area contributed by atoms with Gasteiger partial charge >= 0.3 is 0 Å². The molecule has 0 spiro atoms. The number of alkyl halides is 1. The maximum Gasteiger partial charge on any atom is 0.243 e. The average molecular weight is 552 g/mol. The van der Waals surface area contributed by atoms with Crippen LogP contribution in [-0.2, 0) is 26.5 Å². The topological polar surface area (TPSA) is 141 Å². The predicted octanol–water partition coefficient (Wildman–Crippen LogP) is 3.26. The van der Waals surface area contributed by atoms with Gasteiger partial charge in [0.1, 0.15) is 11.7 Å². The Hall–Kier alpha value is -4.02. The van der Waals surface area contributed by atoms with Gasteiger partial charge in [0.2, 0.25) is 17.7 Å². The maximum atomic E-state index is 14.8. The minimum absolute atomic E-state index is 0.0683. The summed E-state index contributed by atoms with van der Waals surface area (Å²) in [6, 6.07) is 8.63. The van der Waals surface area contributed by atoms with E-state index in [0.717, 1.165) is 41.5 Å². The van der Waals surface area contributed by atoms with Gasteiger partial charge < -0.3 is 26.3 Å². The number of halogens is 1. The molecule has 1 saturated carbocycles. The Kier molecular flexibility index (Phi) is 9.34.